The minimum Gasteiger partial charge on any atom is -0.489 e. The van der Waals surface area contributed by atoms with Gasteiger partial charge in [0.05, 0.1) is 0 Å². The first kappa shape index (κ1) is 12.4. The molecule has 18 heavy (non-hydrogen) atoms. The van der Waals surface area contributed by atoms with Crippen molar-refractivity contribution >= 4 is 11.6 Å². The van der Waals surface area contributed by atoms with Crippen molar-refractivity contribution in [1.29, 1.82) is 0 Å². The van der Waals surface area contributed by atoms with Gasteiger partial charge in [0.2, 0.25) is 5.91 Å². The van der Waals surface area contributed by atoms with Crippen molar-refractivity contribution < 1.29 is 9.53 Å². The molecule has 1 heterocycles. The van der Waals surface area contributed by atoms with Crippen molar-refractivity contribution in [2.24, 2.45) is 0 Å². The monoisotopic (exact) mass is 243 g/mol. The van der Waals surface area contributed by atoms with Crippen LogP contribution < -0.4 is 10.1 Å². The Balaban J connectivity index is 2.40. The largest absolute Gasteiger partial charge is 0.489 e. The molecule has 0 aromatic heterocycles. The fourth-order valence-electron chi connectivity index (χ4n) is 2.18. The molecule has 0 saturated heterocycles. The Hall–Kier alpha value is -2.03. The Morgan fingerprint density at radius 3 is 2.83 bits per heavy atom. The predicted molar refractivity (Wildman–Crippen MR) is 73.0 cm³/mol. The summed E-state index contributed by atoms with van der Waals surface area (Å²) in [6.45, 7) is 7.91. The lowest BCUT2D eigenvalue weighted by molar-refractivity contribution is -0.116. The lowest BCUT2D eigenvalue weighted by Gasteiger charge is -2.22. The molecule has 1 amide bonds. The van der Waals surface area contributed by atoms with E-state index >= 15 is 0 Å². The van der Waals surface area contributed by atoms with Crippen LogP contribution in [-0.2, 0) is 17.6 Å². The minimum atomic E-state index is 0.0758. The van der Waals surface area contributed by atoms with Gasteiger partial charge in [0, 0.05) is 17.7 Å². The van der Waals surface area contributed by atoms with Gasteiger partial charge in [-0.15, -0.1) is 6.58 Å². The van der Waals surface area contributed by atoms with Crippen molar-refractivity contribution in [3.8, 4) is 5.75 Å². The van der Waals surface area contributed by atoms with Crippen LogP contribution in [0, 0.1) is 0 Å². The van der Waals surface area contributed by atoms with Crippen LogP contribution in [0.3, 0.4) is 0 Å². The second-order valence-electron chi connectivity index (χ2n) is 4.21. The number of anilines is 1. The van der Waals surface area contributed by atoms with Crippen LogP contribution in [0.25, 0.3) is 0 Å². The number of fused-ring (bicyclic) bond motifs is 1. The SMILES string of the molecule is C=CCOc1ccc2c(c1CC=C)CCC(=O)N2. The molecule has 94 valence electrons. The average molecular weight is 243 g/mol. The number of ether oxygens (including phenoxy) is 1. The van der Waals surface area contributed by atoms with E-state index in [0.29, 0.717) is 13.0 Å². The van der Waals surface area contributed by atoms with Crippen LogP contribution in [0.1, 0.15) is 17.5 Å². The van der Waals surface area contributed by atoms with Crippen molar-refractivity contribution in [1.82, 2.24) is 0 Å². The summed E-state index contributed by atoms with van der Waals surface area (Å²) in [6, 6.07) is 3.80. The number of hydrogen-bond acceptors (Lipinski definition) is 2. The van der Waals surface area contributed by atoms with Crippen LogP contribution in [0.15, 0.2) is 37.4 Å². The Morgan fingerprint density at radius 1 is 1.28 bits per heavy atom. The van der Waals surface area contributed by atoms with Gasteiger partial charge in [-0.2, -0.15) is 0 Å². The second-order valence-corrected chi connectivity index (χ2v) is 4.21. The van der Waals surface area contributed by atoms with Gasteiger partial charge >= 0.3 is 0 Å². The number of carbonyl (C=O) groups excluding carboxylic acids is 1. The van der Waals surface area contributed by atoms with Crippen LogP contribution >= 0.6 is 0 Å². The summed E-state index contributed by atoms with van der Waals surface area (Å²) in [4.78, 5) is 11.4. The van der Waals surface area contributed by atoms with Gasteiger partial charge in [-0.3, -0.25) is 4.79 Å². The maximum Gasteiger partial charge on any atom is 0.224 e. The Morgan fingerprint density at radius 2 is 2.11 bits per heavy atom. The Bertz CT molecular complexity index is 492. The molecule has 0 bridgehead atoms. The summed E-state index contributed by atoms with van der Waals surface area (Å²) in [5, 5.41) is 2.89. The van der Waals surface area contributed by atoms with Crippen molar-refractivity contribution in [3.05, 3.63) is 48.6 Å². The predicted octanol–water partition coefficient (Wildman–Crippen LogP) is 2.86. The molecule has 0 unspecified atom stereocenters. The first-order valence-corrected chi connectivity index (χ1v) is 6.05. The molecule has 1 aliphatic rings. The molecule has 0 atom stereocenters. The molecule has 0 aliphatic carbocycles. The summed E-state index contributed by atoms with van der Waals surface area (Å²) in [5.41, 5.74) is 3.18. The normalized spacial score (nSPS) is 13.4. The first-order chi connectivity index (χ1) is 8.76. The molecular formula is C15H17NO2. The molecule has 0 saturated carbocycles. The number of nitrogens with one attached hydrogen (secondary N) is 1. The summed E-state index contributed by atoms with van der Waals surface area (Å²) in [7, 11) is 0. The van der Waals surface area contributed by atoms with E-state index in [2.05, 4.69) is 18.5 Å². The van der Waals surface area contributed by atoms with E-state index in [9.17, 15) is 4.79 Å². The van der Waals surface area contributed by atoms with Crippen molar-refractivity contribution in [3.63, 3.8) is 0 Å². The summed E-state index contributed by atoms with van der Waals surface area (Å²) >= 11 is 0. The molecule has 1 N–H and O–H groups in total. The van der Waals surface area contributed by atoms with E-state index in [0.717, 1.165) is 35.4 Å². The molecule has 0 fully saturated rings. The van der Waals surface area contributed by atoms with E-state index in [1.54, 1.807) is 6.08 Å². The smallest absolute Gasteiger partial charge is 0.224 e. The van der Waals surface area contributed by atoms with Gasteiger partial charge in [0.1, 0.15) is 12.4 Å². The number of benzene rings is 1. The van der Waals surface area contributed by atoms with E-state index in [1.807, 2.05) is 18.2 Å². The fraction of sp³-hybridized carbons (Fsp3) is 0.267. The molecule has 1 aliphatic heterocycles. The summed E-state index contributed by atoms with van der Waals surface area (Å²) in [5.74, 6) is 0.927. The molecular weight excluding hydrogens is 226 g/mol. The number of carbonyl (C=O) groups is 1. The third-order valence-electron chi connectivity index (χ3n) is 2.97. The average Bonchev–Trinajstić information content (AvgIpc) is 2.37. The second kappa shape index (κ2) is 5.54. The first-order valence-electron chi connectivity index (χ1n) is 6.05. The molecule has 0 spiro atoms. The zero-order chi connectivity index (χ0) is 13.0. The van der Waals surface area contributed by atoms with Gasteiger partial charge in [-0.05, 0) is 30.5 Å². The zero-order valence-corrected chi connectivity index (χ0v) is 10.4. The molecule has 3 heteroatoms. The molecule has 0 radical (unpaired) electrons. The lowest BCUT2D eigenvalue weighted by atomic mass is 9.94. The Kier molecular flexibility index (Phi) is 3.82. The molecule has 1 aromatic carbocycles. The van der Waals surface area contributed by atoms with Gasteiger partial charge in [-0.1, -0.05) is 18.7 Å². The third-order valence-corrected chi connectivity index (χ3v) is 2.97. The van der Waals surface area contributed by atoms with Crippen LogP contribution in [-0.4, -0.2) is 12.5 Å². The molecule has 1 aromatic rings. The maximum atomic E-state index is 11.4. The van der Waals surface area contributed by atoms with Gasteiger partial charge in [0.15, 0.2) is 0 Å². The van der Waals surface area contributed by atoms with Gasteiger partial charge in [0.25, 0.3) is 0 Å². The third kappa shape index (κ3) is 2.45. The Labute approximate surface area is 107 Å². The number of hydrogen-bond donors (Lipinski definition) is 1. The maximum absolute atomic E-state index is 11.4. The zero-order valence-electron chi connectivity index (χ0n) is 10.4. The topological polar surface area (TPSA) is 38.3 Å². The lowest BCUT2D eigenvalue weighted by Crippen LogP contribution is -2.20. The van der Waals surface area contributed by atoms with Crippen LogP contribution in [0.4, 0.5) is 5.69 Å². The van der Waals surface area contributed by atoms with Crippen molar-refractivity contribution in [2.45, 2.75) is 19.3 Å². The number of amides is 1. The van der Waals surface area contributed by atoms with E-state index in [4.69, 9.17) is 4.74 Å². The summed E-state index contributed by atoms with van der Waals surface area (Å²) < 4.78 is 5.65. The van der Waals surface area contributed by atoms with Crippen molar-refractivity contribution in [2.75, 3.05) is 11.9 Å². The van der Waals surface area contributed by atoms with Crippen LogP contribution in [0.5, 0.6) is 5.75 Å². The van der Waals surface area contributed by atoms with E-state index in [1.165, 1.54) is 0 Å². The number of rotatable bonds is 5. The summed E-state index contributed by atoms with van der Waals surface area (Å²) in [6.07, 6.45) is 5.61. The van der Waals surface area contributed by atoms with Gasteiger partial charge < -0.3 is 10.1 Å². The van der Waals surface area contributed by atoms with E-state index < -0.39 is 0 Å². The van der Waals surface area contributed by atoms with E-state index in [-0.39, 0.29) is 5.91 Å². The highest BCUT2D eigenvalue weighted by Gasteiger charge is 2.19. The standard InChI is InChI=1S/C15H17NO2/c1-3-5-12-11-6-9-15(17)16-13(11)7-8-14(12)18-10-4-2/h3-4,7-8H,1-2,5-6,9-10H2,(H,16,17). The highest BCUT2D eigenvalue weighted by molar-refractivity contribution is 5.94. The van der Waals surface area contributed by atoms with Crippen LogP contribution in [0.2, 0.25) is 0 Å². The molecule has 3 nitrogen and oxygen atoms in total. The number of allylic oxidation sites excluding steroid dienone is 1. The van der Waals surface area contributed by atoms with Gasteiger partial charge in [-0.25, -0.2) is 0 Å². The minimum absolute atomic E-state index is 0.0758. The highest BCUT2D eigenvalue weighted by Crippen LogP contribution is 2.33. The highest BCUT2D eigenvalue weighted by atomic mass is 16.5. The fourth-order valence-corrected chi connectivity index (χ4v) is 2.18. The molecule has 2 rings (SSSR count). The quantitative estimate of drug-likeness (QED) is 0.807.